The highest BCUT2D eigenvalue weighted by Crippen LogP contribution is 2.19. The Kier molecular flexibility index (Phi) is 2.91. The van der Waals surface area contributed by atoms with Crippen molar-refractivity contribution in [2.75, 3.05) is 0 Å². The molecule has 2 rings (SSSR count). The summed E-state index contributed by atoms with van der Waals surface area (Å²) in [6, 6.07) is 6.19. The van der Waals surface area contributed by atoms with Gasteiger partial charge in [0, 0.05) is 30.2 Å². The summed E-state index contributed by atoms with van der Waals surface area (Å²) in [5.41, 5.74) is 8.20. The van der Waals surface area contributed by atoms with Gasteiger partial charge in [-0.15, -0.1) is 11.3 Å². The number of hydrogen-bond acceptors (Lipinski definition) is 3. The van der Waals surface area contributed by atoms with Crippen LogP contribution >= 0.6 is 11.3 Å². The van der Waals surface area contributed by atoms with Crippen LogP contribution < -0.4 is 5.73 Å². The molecule has 0 radical (unpaired) electrons. The van der Waals surface area contributed by atoms with Crippen LogP contribution in [0.2, 0.25) is 0 Å². The summed E-state index contributed by atoms with van der Waals surface area (Å²) in [7, 11) is 0. The summed E-state index contributed by atoms with van der Waals surface area (Å²) in [5, 5.41) is 2.09. The van der Waals surface area contributed by atoms with Crippen molar-refractivity contribution in [1.82, 2.24) is 4.98 Å². The Morgan fingerprint density at radius 2 is 2.29 bits per heavy atom. The molecule has 2 heterocycles. The fraction of sp³-hybridized carbons (Fsp3) is 0.182. The van der Waals surface area contributed by atoms with E-state index in [9.17, 15) is 0 Å². The Bertz CT molecular complexity index is 395. The van der Waals surface area contributed by atoms with Gasteiger partial charge in [0.25, 0.3) is 0 Å². The first-order chi connectivity index (χ1) is 6.90. The molecule has 0 saturated heterocycles. The maximum Gasteiger partial charge on any atom is 0.0303 e. The average Bonchev–Trinajstić information content (AvgIpc) is 2.67. The lowest BCUT2D eigenvalue weighted by molar-refractivity contribution is 1.05. The second kappa shape index (κ2) is 4.35. The molecule has 0 aliphatic heterocycles. The second-order valence-electron chi connectivity index (χ2n) is 3.11. The largest absolute Gasteiger partial charge is 0.326 e. The Balaban J connectivity index is 2.19. The van der Waals surface area contributed by atoms with Gasteiger partial charge in [-0.25, -0.2) is 0 Å². The van der Waals surface area contributed by atoms with Gasteiger partial charge in [-0.1, -0.05) is 6.07 Å². The Hall–Kier alpha value is -1.19. The van der Waals surface area contributed by atoms with Crippen molar-refractivity contribution in [2.45, 2.75) is 13.0 Å². The van der Waals surface area contributed by atoms with Crippen LogP contribution in [0.4, 0.5) is 0 Å². The quantitative estimate of drug-likeness (QED) is 0.832. The van der Waals surface area contributed by atoms with Crippen molar-refractivity contribution < 1.29 is 0 Å². The zero-order chi connectivity index (χ0) is 9.80. The van der Waals surface area contributed by atoms with Crippen LogP contribution in [0, 0.1) is 0 Å². The monoisotopic (exact) mass is 204 g/mol. The van der Waals surface area contributed by atoms with Crippen LogP contribution in [-0.2, 0) is 13.0 Å². The number of nitrogens with zero attached hydrogens (tertiary/aromatic N) is 1. The molecular formula is C11H12N2S. The van der Waals surface area contributed by atoms with Crippen molar-refractivity contribution in [3.63, 3.8) is 0 Å². The maximum absolute atomic E-state index is 5.64. The van der Waals surface area contributed by atoms with E-state index < -0.39 is 0 Å². The summed E-state index contributed by atoms with van der Waals surface area (Å²) >= 11 is 1.72. The van der Waals surface area contributed by atoms with Crippen molar-refractivity contribution in [2.24, 2.45) is 5.73 Å². The third-order valence-electron chi connectivity index (χ3n) is 2.14. The zero-order valence-electron chi connectivity index (χ0n) is 7.81. The van der Waals surface area contributed by atoms with Crippen molar-refractivity contribution in [3.05, 3.63) is 52.0 Å². The van der Waals surface area contributed by atoms with E-state index in [1.54, 1.807) is 17.5 Å². The number of nitrogens with two attached hydrogens (primary N) is 1. The predicted molar refractivity (Wildman–Crippen MR) is 59.3 cm³/mol. The van der Waals surface area contributed by atoms with E-state index in [1.807, 2.05) is 12.3 Å². The smallest absolute Gasteiger partial charge is 0.0303 e. The number of thiophene rings is 1. The summed E-state index contributed by atoms with van der Waals surface area (Å²) in [6.07, 6.45) is 4.63. The molecule has 14 heavy (non-hydrogen) atoms. The molecule has 2 N–H and O–H groups in total. The van der Waals surface area contributed by atoms with Gasteiger partial charge in [0.1, 0.15) is 0 Å². The molecule has 2 aromatic rings. The lowest BCUT2D eigenvalue weighted by atomic mass is 10.1. The van der Waals surface area contributed by atoms with Crippen LogP contribution in [-0.4, -0.2) is 4.98 Å². The molecule has 0 unspecified atom stereocenters. The van der Waals surface area contributed by atoms with E-state index >= 15 is 0 Å². The van der Waals surface area contributed by atoms with Crippen LogP contribution in [0.15, 0.2) is 36.0 Å². The average molecular weight is 204 g/mol. The fourth-order valence-electron chi connectivity index (χ4n) is 1.43. The molecule has 0 aliphatic carbocycles. The van der Waals surface area contributed by atoms with E-state index in [0.29, 0.717) is 6.54 Å². The first-order valence-corrected chi connectivity index (χ1v) is 5.42. The lowest BCUT2D eigenvalue weighted by Crippen LogP contribution is -1.98. The van der Waals surface area contributed by atoms with Gasteiger partial charge in [0.15, 0.2) is 0 Å². The molecular weight excluding hydrogens is 192 g/mol. The molecule has 0 aromatic carbocycles. The Morgan fingerprint density at radius 3 is 3.00 bits per heavy atom. The Morgan fingerprint density at radius 1 is 1.36 bits per heavy atom. The molecule has 72 valence electrons. The van der Waals surface area contributed by atoms with E-state index in [0.717, 1.165) is 6.42 Å². The molecule has 0 amide bonds. The van der Waals surface area contributed by atoms with Gasteiger partial charge in [0.2, 0.25) is 0 Å². The van der Waals surface area contributed by atoms with Gasteiger partial charge < -0.3 is 5.73 Å². The minimum absolute atomic E-state index is 0.632. The number of aromatic nitrogens is 1. The van der Waals surface area contributed by atoms with Crippen LogP contribution in [0.5, 0.6) is 0 Å². The van der Waals surface area contributed by atoms with Gasteiger partial charge >= 0.3 is 0 Å². The zero-order valence-corrected chi connectivity index (χ0v) is 8.63. The van der Waals surface area contributed by atoms with Gasteiger partial charge in [-0.3, -0.25) is 4.98 Å². The van der Waals surface area contributed by atoms with E-state index in [2.05, 4.69) is 22.5 Å². The number of rotatable bonds is 3. The Labute approximate surface area is 87.4 Å². The molecule has 2 nitrogen and oxygen atoms in total. The topological polar surface area (TPSA) is 38.9 Å². The lowest BCUT2D eigenvalue weighted by Gasteiger charge is -2.00. The number of hydrogen-bond donors (Lipinski definition) is 1. The standard InChI is InChI=1S/C11H12N2S/c12-7-11-10(3-5-14-11)6-9-2-1-4-13-8-9/h1-5,8H,6-7,12H2. The molecule has 2 aromatic heterocycles. The molecule has 0 aliphatic rings. The first-order valence-electron chi connectivity index (χ1n) is 4.54. The van der Waals surface area contributed by atoms with E-state index in [-0.39, 0.29) is 0 Å². The van der Waals surface area contributed by atoms with Crippen LogP contribution in [0.1, 0.15) is 16.0 Å². The third kappa shape index (κ3) is 2.00. The predicted octanol–water partition coefficient (Wildman–Crippen LogP) is 2.19. The summed E-state index contributed by atoms with van der Waals surface area (Å²) in [5.74, 6) is 0. The molecule has 0 spiro atoms. The molecule has 0 fully saturated rings. The van der Waals surface area contributed by atoms with Crippen molar-refractivity contribution >= 4 is 11.3 Å². The van der Waals surface area contributed by atoms with E-state index in [1.165, 1.54) is 16.0 Å². The highest BCUT2D eigenvalue weighted by molar-refractivity contribution is 7.10. The first kappa shape index (κ1) is 9.37. The summed E-state index contributed by atoms with van der Waals surface area (Å²) < 4.78 is 0. The second-order valence-corrected chi connectivity index (χ2v) is 4.11. The van der Waals surface area contributed by atoms with E-state index in [4.69, 9.17) is 5.73 Å². The van der Waals surface area contributed by atoms with Crippen molar-refractivity contribution in [3.8, 4) is 0 Å². The highest BCUT2D eigenvalue weighted by Gasteiger charge is 2.03. The highest BCUT2D eigenvalue weighted by atomic mass is 32.1. The molecule has 3 heteroatoms. The van der Waals surface area contributed by atoms with Crippen molar-refractivity contribution in [1.29, 1.82) is 0 Å². The number of pyridine rings is 1. The van der Waals surface area contributed by atoms with Gasteiger partial charge in [-0.05, 0) is 28.6 Å². The van der Waals surface area contributed by atoms with Crippen LogP contribution in [0.3, 0.4) is 0 Å². The van der Waals surface area contributed by atoms with Gasteiger partial charge in [-0.2, -0.15) is 0 Å². The van der Waals surface area contributed by atoms with Gasteiger partial charge in [0.05, 0.1) is 0 Å². The maximum atomic E-state index is 5.64. The summed E-state index contributed by atoms with van der Waals surface area (Å²) in [4.78, 5) is 5.36. The minimum atomic E-state index is 0.632. The molecule has 0 saturated carbocycles. The fourth-order valence-corrected chi connectivity index (χ4v) is 2.21. The molecule has 0 bridgehead atoms. The van der Waals surface area contributed by atoms with Crippen LogP contribution in [0.25, 0.3) is 0 Å². The normalized spacial score (nSPS) is 10.4. The third-order valence-corrected chi connectivity index (χ3v) is 3.13. The molecule has 0 atom stereocenters. The SMILES string of the molecule is NCc1sccc1Cc1cccnc1. The minimum Gasteiger partial charge on any atom is -0.326 e. The summed E-state index contributed by atoms with van der Waals surface area (Å²) in [6.45, 7) is 0.632.